The summed E-state index contributed by atoms with van der Waals surface area (Å²) in [4.78, 5) is 0. The SMILES string of the molecule is C=Cc1ccc(OCC(F)(F)F)c(OCc2ccccc2)c1. The summed E-state index contributed by atoms with van der Waals surface area (Å²) in [6.45, 7) is 2.51. The number of hydrogen-bond acceptors (Lipinski definition) is 2. The Labute approximate surface area is 126 Å². The van der Waals surface area contributed by atoms with E-state index in [2.05, 4.69) is 6.58 Å². The van der Waals surface area contributed by atoms with Gasteiger partial charge in [0.05, 0.1) is 0 Å². The van der Waals surface area contributed by atoms with Crippen molar-refractivity contribution < 1.29 is 22.6 Å². The van der Waals surface area contributed by atoms with Gasteiger partial charge in [-0.25, -0.2) is 0 Å². The predicted molar refractivity (Wildman–Crippen MR) is 78.9 cm³/mol. The van der Waals surface area contributed by atoms with E-state index in [0.29, 0.717) is 0 Å². The van der Waals surface area contributed by atoms with Crippen LogP contribution < -0.4 is 9.47 Å². The first kappa shape index (κ1) is 15.9. The number of ether oxygens (including phenoxy) is 2. The van der Waals surface area contributed by atoms with E-state index in [-0.39, 0.29) is 18.1 Å². The Morgan fingerprint density at radius 3 is 2.32 bits per heavy atom. The van der Waals surface area contributed by atoms with Crippen molar-refractivity contribution in [2.75, 3.05) is 6.61 Å². The van der Waals surface area contributed by atoms with Gasteiger partial charge in [-0.2, -0.15) is 13.2 Å². The summed E-state index contributed by atoms with van der Waals surface area (Å²) in [5.74, 6) is 0.310. The normalized spacial score (nSPS) is 11.0. The molecule has 0 spiro atoms. The maximum absolute atomic E-state index is 12.3. The molecule has 0 atom stereocenters. The third kappa shape index (κ3) is 4.84. The summed E-state index contributed by atoms with van der Waals surface area (Å²) in [5, 5.41) is 0. The molecule has 0 saturated heterocycles. The fourth-order valence-electron chi connectivity index (χ4n) is 1.78. The van der Waals surface area contributed by atoms with E-state index in [1.165, 1.54) is 6.07 Å². The Hall–Kier alpha value is -2.43. The second kappa shape index (κ2) is 7.02. The zero-order valence-electron chi connectivity index (χ0n) is 11.8. The maximum Gasteiger partial charge on any atom is 0.422 e. The van der Waals surface area contributed by atoms with E-state index in [4.69, 9.17) is 9.47 Å². The van der Waals surface area contributed by atoms with Crippen LogP contribution in [-0.2, 0) is 6.61 Å². The van der Waals surface area contributed by atoms with E-state index in [1.54, 1.807) is 18.2 Å². The Kier molecular flexibility index (Phi) is 5.09. The average Bonchev–Trinajstić information content (AvgIpc) is 2.51. The summed E-state index contributed by atoms with van der Waals surface area (Å²) >= 11 is 0. The van der Waals surface area contributed by atoms with Crippen LogP contribution in [0.5, 0.6) is 11.5 Å². The smallest absolute Gasteiger partial charge is 0.422 e. The topological polar surface area (TPSA) is 18.5 Å². The maximum atomic E-state index is 12.3. The lowest BCUT2D eigenvalue weighted by Crippen LogP contribution is -2.19. The Balaban J connectivity index is 2.13. The first-order valence-electron chi connectivity index (χ1n) is 6.61. The lowest BCUT2D eigenvalue weighted by Gasteiger charge is -2.14. The van der Waals surface area contributed by atoms with Crippen molar-refractivity contribution in [2.24, 2.45) is 0 Å². The Bertz CT molecular complexity index is 622. The van der Waals surface area contributed by atoms with Crippen LogP contribution in [0.1, 0.15) is 11.1 Å². The number of alkyl halides is 3. The summed E-state index contributed by atoms with van der Waals surface area (Å²) in [7, 11) is 0. The van der Waals surface area contributed by atoms with E-state index < -0.39 is 12.8 Å². The van der Waals surface area contributed by atoms with Crippen LogP contribution in [0.25, 0.3) is 6.08 Å². The average molecular weight is 308 g/mol. The minimum atomic E-state index is -4.40. The molecule has 0 saturated carbocycles. The van der Waals surface area contributed by atoms with E-state index in [1.807, 2.05) is 30.3 Å². The molecule has 0 heterocycles. The molecule has 2 nitrogen and oxygen atoms in total. The summed E-state index contributed by atoms with van der Waals surface area (Å²) in [6, 6.07) is 14.0. The molecular formula is C17H15F3O2. The summed E-state index contributed by atoms with van der Waals surface area (Å²) in [5.41, 5.74) is 1.65. The van der Waals surface area contributed by atoms with Crippen LogP contribution >= 0.6 is 0 Å². The molecule has 2 aromatic rings. The van der Waals surface area contributed by atoms with Crippen molar-refractivity contribution in [2.45, 2.75) is 12.8 Å². The van der Waals surface area contributed by atoms with Crippen LogP contribution in [0.4, 0.5) is 13.2 Å². The van der Waals surface area contributed by atoms with Gasteiger partial charge in [0, 0.05) is 0 Å². The molecule has 0 aliphatic heterocycles. The van der Waals surface area contributed by atoms with Gasteiger partial charge in [0.1, 0.15) is 6.61 Å². The van der Waals surface area contributed by atoms with Crippen molar-refractivity contribution in [3.63, 3.8) is 0 Å². The highest BCUT2D eigenvalue weighted by Crippen LogP contribution is 2.31. The van der Waals surface area contributed by atoms with E-state index in [0.717, 1.165) is 11.1 Å². The highest BCUT2D eigenvalue weighted by molar-refractivity contribution is 5.54. The molecule has 0 aliphatic rings. The van der Waals surface area contributed by atoms with Gasteiger partial charge in [0.15, 0.2) is 18.1 Å². The summed E-state index contributed by atoms with van der Waals surface area (Å²) in [6.07, 6.45) is -2.81. The number of halogens is 3. The molecule has 0 radical (unpaired) electrons. The monoisotopic (exact) mass is 308 g/mol. The molecule has 2 aromatic carbocycles. The zero-order valence-corrected chi connectivity index (χ0v) is 11.8. The number of rotatable bonds is 6. The second-order valence-electron chi connectivity index (χ2n) is 4.59. The van der Waals surface area contributed by atoms with Crippen molar-refractivity contribution in [1.82, 2.24) is 0 Å². The van der Waals surface area contributed by atoms with Gasteiger partial charge in [0.25, 0.3) is 0 Å². The van der Waals surface area contributed by atoms with Gasteiger partial charge in [0.2, 0.25) is 0 Å². The predicted octanol–water partition coefficient (Wildman–Crippen LogP) is 4.85. The van der Waals surface area contributed by atoms with E-state index in [9.17, 15) is 13.2 Å². The molecule has 2 rings (SSSR count). The highest BCUT2D eigenvalue weighted by Gasteiger charge is 2.29. The standard InChI is InChI=1S/C17H15F3O2/c1-2-13-8-9-15(22-12-17(18,19)20)16(10-13)21-11-14-6-4-3-5-7-14/h2-10H,1,11-12H2. The summed E-state index contributed by atoms with van der Waals surface area (Å²) < 4.78 is 47.3. The minimum absolute atomic E-state index is 0.0545. The molecule has 0 amide bonds. The first-order chi connectivity index (χ1) is 10.5. The van der Waals surface area contributed by atoms with Crippen LogP contribution in [0.15, 0.2) is 55.1 Å². The minimum Gasteiger partial charge on any atom is -0.485 e. The number of hydrogen-bond donors (Lipinski definition) is 0. The van der Waals surface area contributed by atoms with Crippen molar-refractivity contribution in [3.8, 4) is 11.5 Å². The largest absolute Gasteiger partial charge is 0.485 e. The zero-order chi connectivity index (χ0) is 16.0. The van der Waals surface area contributed by atoms with Crippen LogP contribution in [0.3, 0.4) is 0 Å². The molecule has 0 aromatic heterocycles. The fraction of sp³-hybridized carbons (Fsp3) is 0.176. The van der Waals surface area contributed by atoms with Gasteiger partial charge in [-0.3, -0.25) is 0 Å². The van der Waals surface area contributed by atoms with Gasteiger partial charge in [-0.15, -0.1) is 0 Å². The molecular weight excluding hydrogens is 293 g/mol. The van der Waals surface area contributed by atoms with Gasteiger partial charge < -0.3 is 9.47 Å². The molecule has 0 aliphatic carbocycles. The van der Waals surface area contributed by atoms with Crippen molar-refractivity contribution in [1.29, 1.82) is 0 Å². The van der Waals surface area contributed by atoms with Crippen molar-refractivity contribution >= 4 is 6.08 Å². The van der Waals surface area contributed by atoms with Crippen LogP contribution in [-0.4, -0.2) is 12.8 Å². The lowest BCUT2D eigenvalue weighted by molar-refractivity contribution is -0.153. The van der Waals surface area contributed by atoms with Gasteiger partial charge >= 0.3 is 6.18 Å². The second-order valence-corrected chi connectivity index (χ2v) is 4.59. The van der Waals surface area contributed by atoms with Gasteiger partial charge in [-0.05, 0) is 23.3 Å². The number of benzene rings is 2. The first-order valence-corrected chi connectivity index (χ1v) is 6.61. The van der Waals surface area contributed by atoms with Crippen LogP contribution in [0.2, 0.25) is 0 Å². The van der Waals surface area contributed by atoms with Crippen LogP contribution in [0, 0.1) is 0 Å². The fourth-order valence-corrected chi connectivity index (χ4v) is 1.78. The molecule has 116 valence electrons. The quantitative estimate of drug-likeness (QED) is 0.759. The third-order valence-corrected chi connectivity index (χ3v) is 2.83. The molecule has 0 N–H and O–H groups in total. The Morgan fingerprint density at radius 2 is 1.68 bits per heavy atom. The Morgan fingerprint density at radius 1 is 0.955 bits per heavy atom. The molecule has 0 fully saturated rings. The third-order valence-electron chi connectivity index (χ3n) is 2.83. The molecule has 0 unspecified atom stereocenters. The van der Waals surface area contributed by atoms with E-state index >= 15 is 0 Å². The van der Waals surface area contributed by atoms with Gasteiger partial charge in [-0.1, -0.05) is 49.1 Å². The highest BCUT2D eigenvalue weighted by atomic mass is 19.4. The molecule has 5 heteroatoms. The van der Waals surface area contributed by atoms with Crippen molar-refractivity contribution in [3.05, 3.63) is 66.2 Å². The molecule has 22 heavy (non-hydrogen) atoms. The molecule has 0 bridgehead atoms. The lowest BCUT2D eigenvalue weighted by atomic mass is 10.2.